The number of ether oxygens (including phenoxy) is 2. The zero-order valence-corrected chi connectivity index (χ0v) is 15.8. The highest BCUT2D eigenvalue weighted by molar-refractivity contribution is 5.95. The van der Waals surface area contributed by atoms with Crippen molar-refractivity contribution in [3.05, 3.63) is 59.4 Å². The van der Waals surface area contributed by atoms with Gasteiger partial charge < -0.3 is 20.5 Å². The van der Waals surface area contributed by atoms with E-state index in [1.54, 1.807) is 18.7 Å². The molecule has 0 aliphatic rings. The molecule has 0 atom stereocenters. The number of benzene rings is 2. The Balaban J connectivity index is 1.53. The van der Waals surface area contributed by atoms with Crippen LogP contribution in [0.1, 0.15) is 17.0 Å². The molecule has 8 heteroatoms. The van der Waals surface area contributed by atoms with Crippen molar-refractivity contribution in [2.45, 2.75) is 19.7 Å². The Morgan fingerprint density at radius 2 is 1.79 bits per heavy atom. The smallest absolute Gasteiger partial charge is 0.223 e. The first kappa shape index (κ1) is 18.1. The first-order valence-electron chi connectivity index (χ1n) is 8.95. The minimum absolute atomic E-state index is 0.277. The van der Waals surface area contributed by atoms with E-state index in [9.17, 15) is 0 Å². The van der Waals surface area contributed by atoms with Gasteiger partial charge >= 0.3 is 0 Å². The van der Waals surface area contributed by atoms with Gasteiger partial charge in [0.05, 0.1) is 20.3 Å². The van der Waals surface area contributed by atoms with E-state index < -0.39 is 0 Å². The van der Waals surface area contributed by atoms with E-state index in [1.165, 1.54) is 5.56 Å². The van der Waals surface area contributed by atoms with Crippen LogP contribution in [0.4, 0.5) is 5.95 Å². The highest BCUT2D eigenvalue weighted by Gasteiger charge is 2.14. The third-order valence-electron chi connectivity index (χ3n) is 4.50. The van der Waals surface area contributed by atoms with Crippen molar-refractivity contribution in [2.24, 2.45) is 0 Å². The van der Waals surface area contributed by atoms with Gasteiger partial charge in [-0.2, -0.15) is 4.52 Å². The van der Waals surface area contributed by atoms with Crippen LogP contribution in [0.5, 0.6) is 5.75 Å². The van der Waals surface area contributed by atoms with Crippen molar-refractivity contribution in [3.8, 4) is 5.75 Å². The van der Waals surface area contributed by atoms with Gasteiger partial charge in [0, 0.05) is 19.0 Å². The summed E-state index contributed by atoms with van der Waals surface area (Å²) in [5.41, 5.74) is 9.76. The van der Waals surface area contributed by atoms with E-state index in [2.05, 4.69) is 44.6 Å². The first-order chi connectivity index (χ1) is 13.7. The van der Waals surface area contributed by atoms with Gasteiger partial charge in [-0.1, -0.05) is 30.3 Å². The molecule has 0 unspecified atom stereocenters. The fourth-order valence-corrected chi connectivity index (χ4v) is 3.15. The summed E-state index contributed by atoms with van der Waals surface area (Å²) < 4.78 is 12.1. The molecular formula is C20H22N6O2. The van der Waals surface area contributed by atoms with Crippen molar-refractivity contribution >= 4 is 22.5 Å². The van der Waals surface area contributed by atoms with Gasteiger partial charge in [0.1, 0.15) is 11.3 Å². The summed E-state index contributed by atoms with van der Waals surface area (Å²) in [6.45, 7) is 1.85. The lowest BCUT2D eigenvalue weighted by Crippen LogP contribution is -2.14. The van der Waals surface area contributed by atoms with E-state index in [4.69, 9.17) is 15.2 Å². The van der Waals surface area contributed by atoms with E-state index in [1.807, 2.05) is 18.2 Å². The Kier molecular flexibility index (Phi) is 5.05. The maximum Gasteiger partial charge on any atom is 0.223 e. The van der Waals surface area contributed by atoms with E-state index in [0.29, 0.717) is 42.4 Å². The van der Waals surface area contributed by atoms with Crippen molar-refractivity contribution in [1.29, 1.82) is 0 Å². The second-order valence-electron chi connectivity index (χ2n) is 6.44. The van der Waals surface area contributed by atoms with Crippen LogP contribution in [0.3, 0.4) is 0 Å². The predicted molar refractivity (Wildman–Crippen MR) is 107 cm³/mol. The van der Waals surface area contributed by atoms with Crippen LogP contribution < -0.4 is 15.8 Å². The fraction of sp³-hybridized carbons (Fsp3) is 0.250. The van der Waals surface area contributed by atoms with Crippen LogP contribution in [0.25, 0.3) is 16.6 Å². The Morgan fingerprint density at radius 1 is 1.00 bits per heavy atom. The summed E-state index contributed by atoms with van der Waals surface area (Å²) in [4.78, 5) is 9.07. The number of para-hydroxylation sites is 1. The van der Waals surface area contributed by atoms with Crippen LogP contribution in [0, 0.1) is 0 Å². The zero-order valence-electron chi connectivity index (χ0n) is 15.8. The van der Waals surface area contributed by atoms with Crippen molar-refractivity contribution in [1.82, 2.24) is 24.9 Å². The maximum absolute atomic E-state index is 6.08. The van der Waals surface area contributed by atoms with Crippen LogP contribution in [0.15, 0.2) is 42.5 Å². The molecule has 2 heterocycles. The van der Waals surface area contributed by atoms with Crippen LogP contribution in [0.2, 0.25) is 0 Å². The highest BCUT2D eigenvalue weighted by Crippen LogP contribution is 2.27. The number of anilines is 1. The minimum atomic E-state index is 0.277. The molecule has 0 spiro atoms. The number of rotatable bonds is 7. The molecule has 144 valence electrons. The lowest BCUT2D eigenvalue weighted by molar-refractivity contribution is 0.185. The quantitative estimate of drug-likeness (QED) is 0.509. The largest absolute Gasteiger partial charge is 0.494 e. The third-order valence-corrected chi connectivity index (χ3v) is 4.50. The second kappa shape index (κ2) is 7.79. The molecule has 0 aliphatic carbocycles. The SMILES string of the molecule is COCc1ccc(CNCc2nc3c4cccc(OC)c4nc(N)n3n2)cc1. The topological polar surface area (TPSA) is 99.6 Å². The number of nitrogens with zero attached hydrogens (tertiary/aromatic N) is 4. The molecule has 0 amide bonds. The fourth-order valence-electron chi connectivity index (χ4n) is 3.15. The molecule has 0 fully saturated rings. The summed E-state index contributed by atoms with van der Waals surface area (Å²) in [5.74, 6) is 1.59. The molecule has 2 aromatic heterocycles. The van der Waals surface area contributed by atoms with Gasteiger partial charge in [-0.25, -0.2) is 9.97 Å². The lowest BCUT2D eigenvalue weighted by Gasteiger charge is -2.06. The van der Waals surface area contributed by atoms with Crippen molar-refractivity contribution in [3.63, 3.8) is 0 Å². The van der Waals surface area contributed by atoms with E-state index in [-0.39, 0.29) is 5.95 Å². The highest BCUT2D eigenvalue weighted by atomic mass is 16.5. The lowest BCUT2D eigenvalue weighted by atomic mass is 10.1. The number of hydrogen-bond donors (Lipinski definition) is 2. The average Bonchev–Trinajstić information content (AvgIpc) is 3.14. The van der Waals surface area contributed by atoms with Crippen LogP contribution in [-0.2, 0) is 24.4 Å². The van der Waals surface area contributed by atoms with E-state index in [0.717, 1.165) is 10.9 Å². The summed E-state index contributed by atoms with van der Waals surface area (Å²) in [6, 6.07) is 14.0. The van der Waals surface area contributed by atoms with E-state index >= 15 is 0 Å². The Morgan fingerprint density at radius 3 is 2.54 bits per heavy atom. The Labute approximate surface area is 162 Å². The predicted octanol–water partition coefficient (Wildman–Crippen LogP) is 2.30. The minimum Gasteiger partial charge on any atom is -0.494 e. The standard InChI is InChI=1S/C20H22N6O2/c1-27-12-14-8-6-13(7-9-14)10-22-11-17-23-19-15-4-3-5-16(28-2)18(15)24-20(21)26(19)25-17/h3-9,22H,10-12H2,1-2H3,(H2,21,24). The van der Waals surface area contributed by atoms with Crippen LogP contribution >= 0.6 is 0 Å². The summed E-state index contributed by atoms with van der Waals surface area (Å²) >= 11 is 0. The second-order valence-corrected chi connectivity index (χ2v) is 6.44. The number of hydrogen-bond acceptors (Lipinski definition) is 7. The monoisotopic (exact) mass is 378 g/mol. The molecule has 3 N–H and O–H groups in total. The molecular weight excluding hydrogens is 356 g/mol. The Hall–Kier alpha value is -3.23. The number of methoxy groups -OCH3 is 2. The van der Waals surface area contributed by atoms with Crippen molar-refractivity contribution < 1.29 is 9.47 Å². The number of fused-ring (bicyclic) bond motifs is 3. The molecule has 0 saturated carbocycles. The number of aromatic nitrogens is 4. The van der Waals surface area contributed by atoms with Gasteiger partial charge in [0.15, 0.2) is 11.5 Å². The summed E-state index contributed by atoms with van der Waals surface area (Å²) in [5, 5.41) is 8.70. The molecule has 0 saturated heterocycles. The third kappa shape index (κ3) is 3.47. The van der Waals surface area contributed by atoms with Crippen LogP contribution in [-0.4, -0.2) is 33.8 Å². The van der Waals surface area contributed by atoms with Gasteiger partial charge in [0.2, 0.25) is 5.95 Å². The zero-order chi connectivity index (χ0) is 19.5. The van der Waals surface area contributed by atoms with Gasteiger partial charge in [-0.05, 0) is 23.3 Å². The molecule has 28 heavy (non-hydrogen) atoms. The molecule has 0 bridgehead atoms. The average molecular weight is 378 g/mol. The van der Waals surface area contributed by atoms with Crippen molar-refractivity contribution in [2.75, 3.05) is 20.0 Å². The summed E-state index contributed by atoms with van der Waals surface area (Å²) in [6.07, 6.45) is 0. The number of nitrogens with two attached hydrogens (primary N) is 1. The normalized spacial score (nSPS) is 11.4. The Bertz CT molecular complexity index is 1110. The molecule has 0 aliphatic heterocycles. The number of nitrogens with one attached hydrogen (secondary N) is 1. The van der Waals surface area contributed by atoms with Gasteiger partial charge in [-0.3, -0.25) is 0 Å². The first-order valence-corrected chi connectivity index (χ1v) is 8.95. The molecule has 0 radical (unpaired) electrons. The maximum atomic E-state index is 6.08. The van der Waals surface area contributed by atoms with Gasteiger partial charge in [0.25, 0.3) is 0 Å². The molecule has 8 nitrogen and oxygen atoms in total. The molecule has 4 aromatic rings. The summed E-state index contributed by atoms with van der Waals surface area (Å²) in [7, 11) is 3.30. The molecule has 4 rings (SSSR count). The van der Waals surface area contributed by atoms with Gasteiger partial charge in [-0.15, -0.1) is 5.10 Å². The molecule has 2 aromatic carbocycles. The number of nitrogen functional groups attached to an aromatic ring is 1.